The number of amides is 1. The lowest BCUT2D eigenvalue weighted by molar-refractivity contribution is 0.0700. The largest absolute Gasteiger partial charge is 0.494 e. The SMILES string of the molecule is COc1cc(C(=O)N2CC3CCC2[C@@H]3N)cc2nc(-c3cc4ccccc4n3CC3CC3)n(Cc3cnn(-c4cncnc4)c3)c12. The number of ether oxygens (including phenoxy) is 1. The molecule has 11 nitrogen and oxygen atoms in total. The zero-order chi connectivity index (χ0) is 30.9. The van der Waals surface area contributed by atoms with E-state index >= 15 is 0 Å². The summed E-state index contributed by atoms with van der Waals surface area (Å²) in [6.07, 6.45) is 13.4. The van der Waals surface area contributed by atoms with E-state index in [1.54, 1.807) is 24.2 Å². The molecule has 9 rings (SSSR count). The lowest BCUT2D eigenvalue weighted by atomic mass is 10.1. The normalized spacial score (nSPS) is 20.7. The van der Waals surface area contributed by atoms with Gasteiger partial charge in [-0.1, -0.05) is 18.2 Å². The highest BCUT2D eigenvalue weighted by molar-refractivity contribution is 6.00. The van der Waals surface area contributed by atoms with Crippen molar-refractivity contribution in [3.05, 3.63) is 84.7 Å². The highest BCUT2D eigenvalue weighted by Gasteiger charge is 2.47. The fourth-order valence-electron chi connectivity index (χ4n) is 7.63. The standard InChI is InChI=1S/C35H35N9O2/c1-46-31-12-25(35(45)42-19-24-8-9-29(42)32(24)36)10-27-33(31)43(17-22-13-39-44(18-22)26-14-37-20-38-15-26)34(40-27)30-11-23-4-2-3-5-28(23)41(30)16-21-6-7-21/h2-5,10-15,18,20-21,24,29,32H,6-9,16-17,19,36H2,1H3/t24?,29?,32-/m1/s1. The summed E-state index contributed by atoms with van der Waals surface area (Å²) in [5.41, 5.74) is 12.6. The van der Waals surface area contributed by atoms with Crippen molar-refractivity contribution in [2.24, 2.45) is 17.6 Å². The molecule has 11 heteroatoms. The van der Waals surface area contributed by atoms with Crippen LogP contribution in [0.3, 0.4) is 0 Å². The third kappa shape index (κ3) is 4.40. The van der Waals surface area contributed by atoms with Gasteiger partial charge in [-0.05, 0) is 61.8 Å². The Labute approximate surface area is 265 Å². The molecular formula is C35H35N9O2. The zero-order valence-electron chi connectivity index (χ0n) is 25.7. The second-order valence-electron chi connectivity index (χ2n) is 13.0. The molecule has 4 aromatic heterocycles. The lowest BCUT2D eigenvalue weighted by Crippen LogP contribution is -2.41. The molecule has 46 heavy (non-hydrogen) atoms. The Balaban J connectivity index is 1.20. The van der Waals surface area contributed by atoms with Crippen molar-refractivity contribution in [3.8, 4) is 23.0 Å². The first-order valence-electron chi connectivity index (χ1n) is 16.1. The average molecular weight is 614 g/mol. The molecule has 232 valence electrons. The van der Waals surface area contributed by atoms with Crippen LogP contribution in [0.25, 0.3) is 39.1 Å². The van der Waals surface area contributed by atoms with Gasteiger partial charge in [-0.2, -0.15) is 5.10 Å². The summed E-state index contributed by atoms with van der Waals surface area (Å²) in [5.74, 6) is 2.48. The second kappa shape index (κ2) is 10.5. The van der Waals surface area contributed by atoms with Gasteiger partial charge < -0.3 is 24.5 Å². The third-order valence-electron chi connectivity index (χ3n) is 10.2. The van der Waals surface area contributed by atoms with Crippen molar-refractivity contribution < 1.29 is 9.53 Å². The van der Waals surface area contributed by atoms with Gasteiger partial charge >= 0.3 is 0 Å². The second-order valence-corrected chi connectivity index (χ2v) is 13.0. The first-order chi connectivity index (χ1) is 22.6. The molecule has 2 unspecified atom stereocenters. The minimum absolute atomic E-state index is 0.00634. The number of likely N-dealkylation sites (tertiary alicyclic amines) is 1. The number of carbonyl (C=O) groups is 1. The van der Waals surface area contributed by atoms with Crippen LogP contribution in [0, 0.1) is 11.8 Å². The van der Waals surface area contributed by atoms with E-state index in [9.17, 15) is 4.79 Å². The van der Waals surface area contributed by atoms with Gasteiger partial charge in [0.2, 0.25) is 0 Å². The van der Waals surface area contributed by atoms with Gasteiger partial charge in [-0.3, -0.25) is 4.79 Å². The van der Waals surface area contributed by atoms with Gasteiger partial charge in [-0.15, -0.1) is 0 Å². The number of fused-ring (bicyclic) bond motifs is 4. The lowest BCUT2D eigenvalue weighted by Gasteiger charge is -2.27. The average Bonchev–Trinajstić information content (AvgIpc) is 3.40. The number of hydrogen-bond donors (Lipinski definition) is 1. The molecule has 2 saturated carbocycles. The fraction of sp³-hybridized carbons (Fsp3) is 0.343. The van der Waals surface area contributed by atoms with E-state index in [1.807, 2.05) is 29.4 Å². The minimum Gasteiger partial charge on any atom is -0.494 e. The number of para-hydroxylation sites is 1. The maximum absolute atomic E-state index is 13.9. The van der Waals surface area contributed by atoms with E-state index in [2.05, 4.69) is 54.5 Å². The molecule has 3 aliphatic rings. The van der Waals surface area contributed by atoms with Gasteiger partial charge in [-0.25, -0.2) is 19.6 Å². The Morgan fingerprint density at radius 3 is 2.63 bits per heavy atom. The number of benzene rings is 2. The number of imidazole rings is 1. The Morgan fingerprint density at radius 2 is 1.87 bits per heavy atom. The molecular weight excluding hydrogens is 578 g/mol. The molecule has 2 N–H and O–H groups in total. The summed E-state index contributed by atoms with van der Waals surface area (Å²) >= 11 is 0. The van der Waals surface area contributed by atoms with Crippen LogP contribution in [-0.4, -0.2) is 70.4 Å². The number of hydrogen-bond acceptors (Lipinski definition) is 7. The summed E-state index contributed by atoms with van der Waals surface area (Å²) in [4.78, 5) is 29.5. The molecule has 2 aliphatic carbocycles. The van der Waals surface area contributed by atoms with Crippen LogP contribution < -0.4 is 10.5 Å². The van der Waals surface area contributed by atoms with Crippen molar-refractivity contribution in [1.82, 2.24) is 38.8 Å². The first kappa shape index (κ1) is 27.3. The zero-order valence-corrected chi connectivity index (χ0v) is 25.7. The summed E-state index contributed by atoms with van der Waals surface area (Å²) < 4.78 is 12.4. The highest BCUT2D eigenvalue weighted by Crippen LogP contribution is 2.40. The van der Waals surface area contributed by atoms with Gasteiger partial charge in [0.25, 0.3) is 5.91 Å². The van der Waals surface area contributed by atoms with Crippen LogP contribution in [0.15, 0.2) is 73.6 Å². The van der Waals surface area contributed by atoms with Crippen molar-refractivity contribution in [2.75, 3.05) is 13.7 Å². The topological polar surface area (TPSA) is 122 Å². The molecule has 2 aromatic carbocycles. The van der Waals surface area contributed by atoms with Gasteiger partial charge in [0.05, 0.1) is 43.5 Å². The predicted molar refractivity (Wildman–Crippen MR) is 174 cm³/mol. The molecule has 3 atom stereocenters. The maximum Gasteiger partial charge on any atom is 0.254 e. The minimum atomic E-state index is -0.00634. The van der Waals surface area contributed by atoms with E-state index in [0.717, 1.165) is 53.2 Å². The summed E-state index contributed by atoms with van der Waals surface area (Å²) in [7, 11) is 1.66. The van der Waals surface area contributed by atoms with E-state index in [0.29, 0.717) is 36.2 Å². The first-order valence-corrected chi connectivity index (χ1v) is 16.1. The van der Waals surface area contributed by atoms with E-state index in [4.69, 9.17) is 15.5 Å². The predicted octanol–water partition coefficient (Wildman–Crippen LogP) is 4.66. The van der Waals surface area contributed by atoms with Crippen LogP contribution in [0.1, 0.15) is 41.6 Å². The van der Waals surface area contributed by atoms with Crippen molar-refractivity contribution in [1.29, 1.82) is 0 Å². The van der Waals surface area contributed by atoms with Crippen LogP contribution in [0.4, 0.5) is 0 Å². The van der Waals surface area contributed by atoms with Crippen molar-refractivity contribution >= 4 is 27.8 Å². The molecule has 0 spiro atoms. The Hall–Kier alpha value is -5.03. The van der Waals surface area contributed by atoms with E-state index in [-0.39, 0.29) is 18.0 Å². The highest BCUT2D eigenvalue weighted by atomic mass is 16.5. The maximum atomic E-state index is 13.9. The quantitative estimate of drug-likeness (QED) is 0.265. The van der Waals surface area contributed by atoms with Gasteiger partial charge in [0, 0.05) is 53.4 Å². The molecule has 2 bridgehead atoms. The fourth-order valence-corrected chi connectivity index (χ4v) is 7.63. The van der Waals surface area contributed by atoms with Crippen LogP contribution in [0.2, 0.25) is 0 Å². The number of nitrogens with zero attached hydrogens (tertiary/aromatic N) is 8. The molecule has 5 heterocycles. The Kier molecular flexibility index (Phi) is 6.24. The van der Waals surface area contributed by atoms with Crippen LogP contribution in [-0.2, 0) is 13.1 Å². The molecule has 1 amide bonds. The van der Waals surface area contributed by atoms with E-state index in [1.165, 1.54) is 30.1 Å². The number of carbonyl (C=O) groups excluding carboxylic acids is 1. The number of rotatable bonds is 8. The smallest absolute Gasteiger partial charge is 0.254 e. The Morgan fingerprint density at radius 1 is 1.02 bits per heavy atom. The molecule has 6 aromatic rings. The van der Waals surface area contributed by atoms with Crippen LogP contribution in [0.5, 0.6) is 5.75 Å². The monoisotopic (exact) mass is 613 g/mol. The van der Waals surface area contributed by atoms with E-state index < -0.39 is 0 Å². The molecule has 0 radical (unpaired) electrons. The van der Waals surface area contributed by atoms with Crippen molar-refractivity contribution in [2.45, 2.75) is 50.9 Å². The summed E-state index contributed by atoms with van der Waals surface area (Å²) in [5, 5.41) is 5.78. The molecule has 1 aliphatic heterocycles. The van der Waals surface area contributed by atoms with Gasteiger partial charge in [0.1, 0.15) is 23.3 Å². The number of piperidine rings is 1. The number of aromatic nitrogens is 7. The third-order valence-corrected chi connectivity index (χ3v) is 10.2. The van der Waals surface area contributed by atoms with Crippen molar-refractivity contribution in [3.63, 3.8) is 0 Å². The molecule has 3 fully saturated rings. The summed E-state index contributed by atoms with van der Waals surface area (Å²) in [6.45, 7) is 2.15. The number of nitrogens with two attached hydrogens (primary N) is 1. The van der Waals surface area contributed by atoms with Gasteiger partial charge in [0.15, 0.2) is 5.82 Å². The van der Waals surface area contributed by atoms with Crippen LogP contribution >= 0.6 is 0 Å². The summed E-state index contributed by atoms with van der Waals surface area (Å²) in [6, 6.07) is 14.7. The Bertz CT molecular complexity index is 2110. The number of methoxy groups -OCH3 is 1. The molecule has 1 saturated heterocycles.